The largest absolute Gasteiger partial charge is 0.488 e. The van der Waals surface area contributed by atoms with Crippen molar-refractivity contribution in [3.05, 3.63) is 94.3 Å². The normalized spacial score (nSPS) is 21.3. The Morgan fingerprint density at radius 1 is 1.00 bits per heavy atom. The van der Waals surface area contributed by atoms with Crippen LogP contribution in [-0.2, 0) is 25.8 Å². The van der Waals surface area contributed by atoms with Gasteiger partial charge in [0, 0.05) is 11.6 Å². The lowest BCUT2D eigenvalue weighted by atomic mass is 9.80. The summed E-state index contributed by atoms with van der Waals surface area (Å²) in [5.74, 6) is -3.15. The molecule has 3 aromatic rings. The molecular formula is C26H21ClF3NO4S. The molecule has 0 N–H and O–H groups in total. The summed E-state index contributed by atoms with van der Waals surface area (Å²) in [4.78, 5) is 14.7. The standard InChI is InChI=1S/C26H21ClF3NO4S/c27-17-4-8-19(9-5-17)36(33,34)26-12-1-13-31(23(32)14-16-2-6-18(28)7-3-16)22(26)15-35-25-21(30)11-10-20(29)24(25)26/h2-11,22H,1,12-15H2/t22-,26+/m0/s1. The van der Waals surface area contributed by atoms with Gasteiger partial charge in [-0.2, -0.15) is 0 Å². The lowest BCUT2D eigenvalue weighted by molar-refractivity contribution is -0.136. The zero-order valence-corrected chi connectivity index (χ0v) is 20.5. The monoisotopic (exact) mass is 535 g/mol. The van der Waals surface area contributed by atoms with Crippen molar-refractivity contribution in [3.63, 3.8) is 0 Å². The Bertz CT molecular complexity index is 1430. The highest BCUT2D eigenvalue weighted by atomic mass is 35.5. The summed E-state index contributed by atoms with van der Waals surface area (Å²) in [6.07, 6.45) is 0.0693. The molecule has 0 radical (unpaired) electrons. The third-order valence-corrected chi connectivity index (χ3v) is 9.71. The van der Waals surface area contributed by atoms with E-state index in [1.165, 1.54) is 53.4 Å². The lowest BCUT2D eigenvalue weighted by Gasteiger charge is -2.51. The minimum Gasteiger partial charge on any atom is -0.488 e. The molecule has 36 heavy (non-hydrogen) atoms. The zero-order chi connectivity index (χ0) is 25.7. The molecule has 0 spiro atoms. The molecule has 2 aliphatic rings. The Morgan fingerprint density at radius 2 is 1.67 bits per heavy atom. The SMILES string of the molecule is O=C(Cc1ccc(F)cc1)N1CCC[C@]2(S(=O)(=O)c3ccc(Cl)cc3)c3c(F)ccc(F)c3OC[C@H]12. The average molecular weight is 536 g/mol. The predicted octanol–water partition coefficient (Wildman–Crippen LogP) is 5.05. The van der Waals surface area contributed by atoms with Gasteiger partial charge >= 0.3 is 0 Å². The molecule has 5 rings (SSSR count). The fourth-order valence-corrected chi connectivity index (χ4v) is 7.75. The van der Waals surface area contributed by atoms with Crippen molar-refractivity contribution in [2.75, 3.05) is 13.2 Å². The molecule has 1 fully saturated rings. The number of benzene rings is 3. The second-order valence-electron chi connectivity index (χ2n) is 8.90. The summed E-state index contributed by atoms with van der Waals surface area (Å²) < 4.78 is 75.7. The first-order valence-electron chi connectivity index (χ1n) is 11.3. The minimum absolute atomic E-state index is 0.0420. The fourth-order valence-electron chi connectivity index (χ4n) is 5.28. The van der Waals surface area contributed by atoms with Gasteiger partial charge in [0.05, 0.1) is 22.9 Å². The fraction of sp³-hybridized carbons (Fsp3) is 0.269. The van der Waals surface area contributed by atoms with Gasteiger partial charge in [-0.1, -0.05) is 23.7 Å². The molecule has 1 saturated heterocycles. The van der Waals surface area contributed by atoms with Gasteiger partial charge in [-0.25, -0.2) is 21.6 Å². The Kier molecular flexibility index (Phi) is 6.24. The molecule has 5 nitrogen and oxygen atoms in total. The van der Waals surface area contributed by atoms with Gasteiger partial charge in [0.2, 0.25) is 5.91 Å². The van der Waals surface area contributed by atoms with Gasteiger partial charge in [-0.15, -0.1) is 0 Å². The second-order valence-corrected chi connectivity index (χ2v) is 11.5. The number of halogens is 4. The first-order chi connectivity index (χ1) is 17.1. The lowest BCUT2D eigenvalue weighted by Crippen LogP contribution is -2.64. The van der Waals surface area contributed by atoms with Crippen molar-refractivity contribution in [3.8, 4) is 5.75 Å². The van der Waals surface area contributed by atoms with Crippen LogP contribution in [0.5, 0.6) is 5.75 Å². The van der Waals surface area contributed by atoms with E-state index >= 15 is 4.39 Å². The zero-order valence-electron chi connectivity index (χ0n) is 18.9. The molecule has 3 aromatic carbocycles. The topological polar surface area (TPSA) is 63.7 Å². The predicted molar refractivity (Wildman–Crippen MR) is 127 cm³/mol. The smallest absolute Gasteiger partial charge is 0.227 e. The van der Waals surface area contributed by atoms with E-state index in [1.54, 1.807) is 0 Å². The number of nitrogens with zero attached hydrogens (tertiary/aromatic N) is 1. The first kappa shape index (κ1) is 24.6. The van der Waals surface area contributed by atoms with E-state index < -0.39 is 55.3 Å². The number of hydrogen-bond acceptors (Lipinski definition) is 4. The summed E-state index contributed by atoms with van der Waals surface area (Å²) in [6.45, 7) is -0.131. The molecule has 2 aliphatic heterocycles. The van der Waals surface area contributed by atoms with Crippen LogP contribution in [0.25, 0.3) is 0 Å². The van der Waals surface area contributed by atoms with Gasteiger partial charge in [0.1, 0.15) is 23.0 Å². The van der Waals surface area contributed by atoms with Crippen molar-refractivity contribution < 1.29 is 31.1 Å². The Hall–Kier alpha value is -3.04. The van der Waals surface area contributed by atoms with Crippen LogP contribution in [0.3, 0.4) is 0 Å². The highest BCUT2D eigenvalue weighted by molar-refractivity contribution is 7.92. The number of piperidine rings is 1. The molecule has 0 aromatic heterocycles. The number of rotatable bonds is 4. The van der Waals surface area contributed by atoms with Crippen molar-refractivity contribution in [2.24, 2.45) is 0 Å². The van der Waals surface area contributed by atoms with Crippen molar-refractivity contribution in [1.82, 2.24) is 4.90 Å². The molecular weight excluding hydrogens is 515 g/mol. The average Bonchev–Trinajstić information content (AvgIpc) is 2.86. The van der Waals surface area contributed by atoms with Crippen molar-refractivity contribution in [1.29, 1.82) is 0 Å². The van der Waals surface area contributed by atoms with E-state index in [0.29, 0.717) is 10.6 Å². The summed E-state index contributed by atoms with van der Waals surface area (Å²) in [5, 5.41) is 0.312. The molecule has 1 amide bonds. The quantitative estimate of drug-likeness (QED) is 0.469. The minimum atomic E-state index is -4.39. The highest BCUT2D eigenvalue weighted by Gasteiger charge is 2.61. The molecule has 2 heterocycles. The van der Waals surface area contributed by atoms with Gasteiger partial charge in [0.25, 0.3) is 0 Å². The third-order valence-electron chi connectivity index (χ3n) is 6.92. The van der Waals surface area contributed by atoms with E-state index in [9.17, 15) is 22.0 Å². The number of likely N-dealkylation sites (tertiary alicyclic amines) is 1. The first-order valence-corrected chi connectivity index (χ1v) is 13.2. The summed E-state index contributed by atoms with van der Waals surface area (Å²) in [7, 11) is -4.39. The third kappa shape index (κ3) is 3.85. The van der Waals surface area contributed by atoms with Crippen LogP contribution in [0.2, 0.25) is 5.02 Å². The molecule has 0 unspecified atom stereocenters. The summed E-state index contributed by atoms with van der Waals surface area (Å²) >= 11 is 5.96. The molecule has 2 atom stereocenters. The Labute approximate surface area is 211 Å². The van der Waals surface area contributed by atoms with E-state index in [-0.39, 0.29) is 37.3 Å². The maximum atomic E-state index is 15.4. The number of sulfone groups is 1. The van der Waals surface area contributed by atoms with Crippen LogP contribution in [0.4, 0.5) is 13.2 Å². The Morgan fingerprint density at radius 3 is 2.36 bits per heavy atom. The van der Waals surface area contributed by atoms with Crippen LogP contribution in [0, 0.1) is 17.5 Å². The van der Waals surface area contributed by atoms with Crippen molar-refractivity contribution >= 4 is 27.3 Å². The van der Waals surface area contributed by atoms with Gasteiger partial charge < -0.3 is 9.64 Å². The van der Waals surface area contributed by atoms with Crippen LogP contribution in [0.15, 0.2) is 65.6 Å². The summed E-state index contributed by atoms with van der Waals surface area (Å²) in [5.41, 5.74) is 0.125. The van der Waals surface area contributed by atoms with Gasteiger partial charge in [0.15, 0.2) is 21.4 Å². The second kappa shape index (κ2) is 9.12. The van der Waals surface area contributed by atoms with Crippen LogP contribution < -0.4 is 4.74 Å². The number of carbonyl (C=O) groups excluding carboxylic acids is 1. The molecule has 0 saturated carbocycles. The summed E-state index contributed by atoms with van der Waals surface area (Å²) in [6, 6.07) is 11.5. The van der Waals surface area contributed by atoms with Crippen LogP contribution in [0.1, 0.15) is 24.0 Å². The van der Waals surface area contributed by atoms with Crippen molar-refractivity contribution in [2.45, 2.75) is 34.9 Å². The van der Waals surface area contributed by atoms with Gasteiger partial charge in [-0.05, 0) is 66.9 Å². The van der Waals surface area contributed by atoms with E-state index in [0.717, 1.165) is 12.1 Å². The number of carbonyl (C=O) groups is 1. The number of fused-ring (bicyclic) bond motifs is 3. The van der Waals surface area contributed by atoms with Crippen LogP contribution >= 0.6 is 11.6 Å². The maximum absolute atomic E-state index is 15.4. The van der Waals surface area contributed by atoms with Gasteiger partial charge in [-0.3, -0.25) is 4.79 Å². The number of hydrogen-bond donors (Lipinski definition) is 0. The number of amides is 1. The number of ether oxygens (including phenoxy) is 1. The molecule has 10 heteroatoms. The molecule has 0 aliphatic carbocycles. The molecule has 188 valence electrons. The maximum Gasteiger partial charge on any atom is 0.227 e. The van der Waals surface area contributed by atoms with E-state index in [1.807, 2.05) is 0 Å². The molecule has 0 bridgehead atoms. The van der Waals surface area contributed by atoms with E-state index in [2.05, 4.69) is 0 Å². The Balaban J connectivity index is 1.66. The highest BCUT2D eigenvalue weighted by Crippen LogP contribution is 2.53. The van der Waals surface area contributed by atoms with E-state index in [4.69, 9.17) is 16.3 Å². The van der Waals surface area contributed by atoms with Crippen LogP contribution in [-0.4, -0.2) is 38.4 Å².